The van der Waals surface area contributed by atoms with Crippen molar-refractivity contribution >= 4 is 5.82 Å². The third-order valence-electron chi connectivity index (χ3n) is 3.40. The summed E-state index contributed by atoms with van der Waals surface area (Å²) in [5.74, 6) is 2.76. The predicted octanol–water partition coefficient (Wildman–Crippen LogP) is 1.72. The van der Waals surface area contributed by atoms with E-state index in [1.165, 1.54) is 12.8 Å². The number of nitrogens with zero attached hydrogens (tertiary/aromatic N) is 2. The smallest absolute Gasteiger partial charge is 0.218 e. The van der Waals surface area contributed by atoms with E-state index < -0.39 is 0 Å². The highest BCUT2D eigenvalue weighted by Gasteiger charge is 2.26. The third-order valence-corrected chi connectivity index (χ3v) is 3.40. The maximum atomic E-state index is 5.79. The first kappa shape index (κ1) is 13.1. The molecule has 0 amide bonds. The molecule has 2 unspecified atom stereocenters. The van der Waals surface area contributed by atoms with E-state index >= 15 is 0 Å². The fourth-order valence-electron chi connectivity index (χ4n) is 2.53. The van der Waals surface area contributed by atoms with E-state index in [9.17, 15) is 0 Å². The number of nitrogens with two attached hydrogens (primary N) is 1. The zero-order valence-electron chi connectivity index (χ0n) is 11.1. The Morgan fingerprint density at radius 2 is 2.28 bits per heavy atom. The first-order valence-corrected chi connectivity index (χ1v) is 6.68. The normalized spacial score (nSPS) is 23.1. The van der Waals surface area contributed by atoms with E-state index in [4.69, 9.17) is 10.5 Å². The minimum atomic E-state index is 0.429. The zero-order valence-corrected chi connectivity index (χ0v) is 11.1. The summed E-state index contributed by atoms with van der Waals surface area (Å²) in [5, 5.41) is 3.47. The molecular weight excluding hydrogens is 228 g/mol. The van der Waals surface area contributed by atoms with Crippen molar-refractivity contribution < 1.29 is 4.74 Å². The van der Waals surface area contributed by atoms with Crippen molar-refractivity contribution in [3.8, 4) is 5.88 Å². The minimum Gasteiger partial charge on any atom is -0.478 e. The zero-order chi connectivity index (χ0) is 13.0. The molecule has 1 aromatic heterocycles. The van der Waals surface area contributed by atoms with E-state index in [1.54, 1.807) is 0 Å². The molecule has 0 aliphatic heterocycles. The van der Waals surface area contributed by atoms with Crippen LogP contribution in [0.15, 0.2) is 6.07 Å². The topological polar surface area (TPSA) is 73.1 Å². The van der Waals surface area contributed by atoms with Gasteiger partial charge in [-0.2, -0.15) is 4.98 Å². The van der Waals surface area contributed by atoms with Crippen molar-refractivity contribution in [2.75, 3.05) is 18.5 Å². The van der Waals surface area contributed by atoms with Crippen LogP contribution in [0, 0.1) is 12.8 Å². The molecule has 2 atom stereocenters. The van der Waals surface area contributed by atoms with Gasteiger partial charge in [-0.3, -0.25) is 0 Å². The van der Waals surface area contributed by atoms with Gasteiger partial charge in [0.15, 0.2) is 0 Å². The Hall–Kier alpha value is -1.36. The summed E-state index contributed by atoms with van der Waals surface area (Å²) in [6.07, 6.45) is 3.60. The van der Waals surface area contributed by atoms with Gasteiger partial charge < -0.3 is 15.8 Å². The first-order chi connectivity index (χ1) is 8.72. The number of anilines is 1. The van der Waals surface area contributed by atoms with Crippen LogP contribution in [0.5, 0.6) is 5.88 Å². The van der Waals surface area contributed by atoms with Gasteiger partial charge in [-0.25, -0.2) is 4.98 Å². The van der Waals surface area contributed by atoms with Crippen LogP contribution in [0.2, 0.25) is 0 Å². The standard InChI is InChI=1S/C13H22N4O/c1-3-18-13-7-12(15-9(2)16-13)17-11-6-4-5-10(11)8-14/h7,10-11H,3-6,8,14H2,1-2H3,(H,15,16,17). The first-order valence-electron chi connectivity index (χ1n) is 6.68. The van der Waals surface area contributed by atoms with E-state index in [1.807, 2.05) is 19.9 Å². The van der Waals surface area contributed by atoms with Gasteiger partial charge in [0.25, 0.3) is 0 Å². The van der Waals surface area contributed by atoms with Crippen molar-refractivity contribution in [2.24, 2.45) is 11.7 Å². The molecule has 5 heteroatoms. The molecule has 100 valence electrons. The summed E-state index contributed by atoms with van der Waals surface area (Å²) >= 11 is 0. The fourth-order valence-corrected chi connectivity index (χ4v) is 2.53. The summed E-state index contributed by atoms with van der Waals surface area (Å²) in [5.41, 5.74) is 5.79. The molecule has 0 bridgehead atoms. The summed E-state index contributed by atoms with van der Waals surface area (Å²) < 4.78 is 5.43. The van der Waals surface area contributed by atoms with Crippen molar-refractivity contribution in [3.05, 3.63) is 11.9 Å². The number of rotatable bonds is 5. The number of hydrogen-bond acceptors (Lipinski definition) is 5. The Labute approximate surface area is 108 Å². The summed E-state index contributed by atoms with van der Waals surface area (Å²) in [6, 6.07) is 2.29. The van der Waals surface area contributed by atoms with E-state index in [0.717, 1.165) is 24.6 Å². The van der Waals surface area contributed by atoms with Crippen molar-refractivity contribution in [1.82, 2.24) is 9.97 Å². The molecule has 0 spiro atoms. The van der Waals surface area contributed by atoms with Gasteiger partial charge in [0.2, 0.25) is 5.88 Å². The molecule has 1 heterocycles. The van der Waals surface area contributed by atoms with Crippen LogP contribution in [0.1, 0.15) is 32.0 Å². The Bertz CT molecular complexity index is 397. The lowest BCUT2D eigenvalue weighted by atomic mass is 10.0. The van der Waals surface area contributed by atoms with Gasteiger partial charge in [0.1, 0.15) is 11.6 Å². The molecule has 3 N–H and O–H groups in total. The van der Waals surface area contributed by atoms with Gasteiger partial charge in [-0.05, 0) is 39.2 Å². The molecule has 1 aliphatic carbocycles. The van der Waals surface area contributed by atoms with Crippen LogP contribution in [-0.2, 0) is 0 Å². The van der Waals surface area contributed by atoms with Crippen molar-refractivity contribution in [1.29, 1.82) is 0 Å². The van der Waals surface area contributed by atoms with E-state index in [2.05, 4.69) is 15.3 Å². The largest absolute Gasteiger partial charge is 0.478 e. The third kappa shape index (κ3) is 3.10. The highest BCUT2D eigenvalue weighted by Crippen LogP contribution is 2.27. The Morgan fingerprint density at radius 1 is 1.44 bits per heavy atom. The van der Waals surface area contributed by atoms with Crippen molar-refractivity contribution in [2.45, 2.75) is 39.2 Å². The van der Waals surface area contributed by atoms with Gasteiger partial charge >= 0.3 is 0 Å². The van der Waals surface area contributed by atoms with Crippen LogP contribution in [-0.4, -0.2) is 29.2 Å². The lowest BCUT2D eigenvalue weighted by molar-refractivity contribution is 0.325. The average Bonchev–Trinajstić information content (AvgIpc) is 2.76. The van der Waals surface area contributed by atoms with Gasteiger partial charge in [-0.1, -0.05) is 6.42 Å². The van der Waals surface area contributed by atoms with Gasteiger partial charge in [0, 0.05) is 12.1 Å². The maximum Gasteiger partial charge on any atom is 0.218 e. The molecule has 18 heavy (non-hydrogen) atoms. The summed E-state index contributed by atoms with van der Waals surface area (Å²) in [7, 11) is 0. The monoisotopic (exact) mass is 250 g/mol. The number of hydrogen-bond donors (Lipinski definition) is 2. The lowest BCUT2D eigenvalue weighted by Gasteiger charge is -2.20. The molecule has 1 aliphatic rings. The van der Waals surface area contributed by atoms with Crippen LogP contribution in [0.3, 0.4) is 0 Å². The number of aromatic nitrogens is 2. The number of ether oxygens (including phenoxy) is 1. The molecule has 0 saturated heterocycles. The second-order valence-corrected chi connectivity index (χ2v) is 4.75. The molecule has 1 saturated carbocycles. The van der Waals surface area contributed by atoms with Crippen molar-refractivity contribution in [3.63, 3.8) is 0 Å². The predicted molar refractivity (Wildman–Crippen MR) is 71.7 cm³/mol. The second-order valence-electron chi connectivity index (χ2n) is 4.75. The lowest BCUT2D eigenvalue weighted by Crippen LogP contribution is -2.29. The molecule has 2 rings (SSSR count). The molecule has 0 aromatic carbocycles. The van der Waals surface area contributed by atoms with Crippen LogP contribution >= 0.6 is 0 Å². The maximum absolute atomic E-state index is 5.79. The summed E-state index contributed by atoms with van der Waals surface area (Å²) in [6.45, 7) is 5.18. The Kier molecular flexibility index (Phi) is 4.36. The molecular formula is C13H22N4O. The quantitative estimate of drug-likeness (QED) is 0.832. The molecule has 5 nitrogen and oxygen atoms in total. The van der Waals surface area contributed by atoms with Gasteiger partial charge in [-0.15, -0.1) is 0 Å². The van der Waals surface area contributed by atoms with Crippen LogP contribution < -0.4 is 15.8 Å². The summed E-state index contributed by atoms with van der Waals surface area (Å²) in [4.78, 5) is 8.64. The molecule has 0 radical (unpaired) electrons. The molecule has 1 aromatic rings. The van der Waals surface area contributed by atoms with Crippen LogP contribution in [0.25, 0.3) is 0 Å². The fraction of sp³-hybridized carbons (Fsp3) is 0.692. The highest BCUT2D eigenvalue weighted by atomic mass is 16.5. The van der Waals surface area contributed by atoms with E-state index in [0.29, 0.717) is 24.4 Å². The SMILES string of the molecule is CCOc1cc(NC2CCCC2CN)nc(C)n1. The second kappa shape index (κ2) is 6.00. The van der Waals surface area contributed by atoms with Crippen LogP contribution in [0.4, 0.5) is 5.82 Å². The average molecular weight is 250 g/mol. The number of nitrogens with one attached hydrogen (secondary N) is 1. The number of aryl methyl sites for hydroxylation is 1. The Morgan fingerprint density at radius 3 is 3.00 bits per heavy atom. The Balaban J connectivity index is 2.08. The van der Waals surface area contributed by atoms with E-state index in [-0.39, 0.29) is 0 Å². The minimum absolute atomic E-state index is 0.429. The highest BCUT2D eigenvalue weighted by molar-refractivity contribution is 5.39. The van der Waals surface area contributed by atoms with Gasteiger partial charge in [0.05, 0.1) is 6.61 Å². The molecule has 1 fully saturated rings.